The van der Waals surface area contributed by atoms with Crippen molar-refractivity contribution in [3.05, 3.63) is 0 Å². The van der Waals surface area contributed by atoms with Gasteiger partial charge in [-0.15, -0.1) is 0 Å². The molecule has 0 bridgehead atoms. The molecule has 1 spiro atoms. The van der Waals surface area contributed by atoms with Crippen LogP contribution in [0.3, 0.4) is 0 Å². The van der Waals surface area contributed by atoms with E-state index in [1.54, 1.807) is 0 Å². The Morgan fingerprint density at radius 2 is 1.75 bits per heavy atom. The van der Waals surface area contributed by atoms with Crippen LogP contribution in [0.25, 0.3) is 0 Å². The maximum Gasteiger partial charge on any atom is 0.308 e. The average Bonchev–Trinajstić information content (AvgIpc) is 2.48. The Bertz CT molecular complexity index is 317. The molecule has 6 nitrogen and oxygen atoms in total. The number of ether oxygens (including phenoxy) is 5. The van der Waals surface area contributed by atoms with Crippen molar-refractivity contribution < 1.29 is 28.5 Å². The third kappa shape index (κ3) is 2.98. The van der Waals surface area contributed by atoms with E-state index >= 15 is 0 Å². The number of unbranched alkanes of at least 4 members (excludes halogenated alkanes) is 1. The SMILES string of the molecule is CCCCC(=O)OC1(CC)OCOCC12COCOC2. The average molecular weight is 288 g/mol. The molecule has 2 aliphatic heterocycles. The minimum absolute atomic E-state index is 0.122. The molecule has 2 rings (SSSR count). The van der Waals surface area contributed by atoms with Crippen molar-refractivity contribution in [1.29, 1.82) is 0 Å². The predicted molar refractivity (Wildman–Crippen MR) is 69.7 cm³/mol. The van der Waals surface area contributed by atoms with Crippen LogP contribution in [0.2, 0.25) is 0 Å². The van der Waals surface area contributed by atoms with Gasteiger partial charge < -0.3 is 23.7 Å². The van der Waals surface area contributed by atoms with Gasteiger partial charge in [-0.2, -0.15) is 0 Å². The van der Waals surface area contributed by atoms with E-state index in [4.69, 9.17) is 23.7 Å². The van der Waals surface area contributed by atoms with Crippen LogP contribution in [0.5, 0.6) is 0 Å². The largest absolute Gasteiger partial charge is 0.432 e. The predicted octanol–water partition coefficient (Wildman–Crippen LogP) is 1.82. The fourth-order valence-corrected chi connectivity index (χ4v) is 2.76. The molecule has 116 valence electrons. The first-order chi connectivity index (χ1) is 9.68. The summed E-state index contributed by atoms with van der Waals surface area (Å²) in [6, 6.07) is 0. The molecule has 0 aliphatic carbocycles. The highest BCUT2D eigenvalue weighted by atomic mass is 16.8. The lowest BCUT2D eigenvalue weighted by Crippen LogP contribution is -2.64. The summed E-state index contributed by atoms with van der Waals surface area (Å²) in [5.74, 6) is -1.25. The lowest BCUT2D eigenvalue weighted by atomic mass is 9.78. The maximum absolute atomic E-state index is 12.0. The molecular weight excluding hydrogens is 264 g/mol. The summed E-state index contributed by atoms with van der Waals surface area (Å²) in [4.78, 5) is 12.0. The molecule has 0 aromatic rings. The number of rotatable bonds is 5. The molecular formula is C14H24O6. The molecule has 20 heavy (non-hydrogen) atoms. The molecule has 0 radical (unpaired) electrons. The lowest BCUT2D eigenvalue weighted by Gasteiger charge is -2.51. The van der Waals surface area contributed by atoms with Crippen LogP contribution in [-0.2, 0) is 28.5 Å². The van der Waals surface area contributed by atoms with Crippen LogP contribution in [0.1, 0.15) is 39.5 Å². The van der Waals surface area contributed by atoms with Gasteiger partial charge in [-0.05, 0) is 6.42 Å². The van der Waals surface area contributed by atoms with E-state index in [-0.39, 0.29) is 19.6 Å². The Kier molecular flexibility index (Phi) is 5.37. The fourth-order valence-electron chi connectivity index (χ4n) is 2.76. The van der Waals surface area contributed by atoms with Crippen molar-refractivity contribution in [1.82, 2.24) is 0 Å². The minimum atomic E-state index is -1.02. The Balaban J connectivity index is 2.13. The zero-order valence-corrected chi connectivity index (χ0v) is 12.3. The molecule has 0 amide bonds. The summed E-state index contributed by atoms with van der Waals surface area (Å²) in [7, 11) is 0. The Hall–Kier alpha value is -0.690. The second kappa shape index (κ2) is 6.85. The summed E-state index contributed by atoms with van der Waals surface area (Å²) in [6.07, 6.45) is 2.71. The van der Waals surface area contributed by atoms with E-state index in [0.717, 1.165) is 12.8 Å². The normalized spacial score (nSPS) is 29.3. The number of esters is 1. The van der Waals surface area contributed by atoms with Gasteiger partial charge in [0.05, 0.1) is 19.8 Å². The van der Waals surface area contributed by atoms with Crippen LogP contribution < -0.4 is 0 Å². The highest BCUT2D eigenvalue weighted by molar-refractivity contribution is 5.69. The summed E-state index contributed by atoms with van der Waals surface area (Å²) in [5, 5.41) is 0. The van der Waals surface area contributed by atoms with Gasteiger partial charge in [-0.1, -0.05) is 20.3 Å². The van der Waals surface area contributed by atoms with Crippen molar-refractivity contribution in [2.75, 3.05) is 33.4 Å². The second-order valence-electron chi connectivity index (χ2n) is 5.39. The molecule has 0 aromatic carbocycles. The molecule has 0 saturated carbocycles. The van der Waals surface area contributed by atoms with E-state index in [0.29, 0.717) is 32.7 Å². The molecule has 2 heterocycles. The van der Waals surface area contributed by atoms with Crippen LogP contribution in [0.4, 0.5) is 0 Å². The molecule has 6 heteroatoms. The van der Waals surface area contributed by atoms with Gasteiger partial charge in [0.1, 0.15) is 12.2 Å². The summed E-state index contributed by atoms with van der Waals surface area (Å²) in [6.45, 7) is 5.57. The van der Waals surface area contributed by atoms with Crippen molar-refractivity contribution in [2.45, 2.75) is 45.3 Å². The second-order valence-corrected chi connectivity index (χ2v) is 5.39. The minimum Gasteiger partial charge on any atom is -0.432 e. The van der Waals surface area contributed by atoms with E-state index in [2.05, 4.69) is 0 Å². The zero-order valence-electron chi connectivity index (χ0n) is 12.3. The fraction of sp³-hybridized carbons (Fsp3) is 0.929. The van der Waals surface area contributed by atoms with Gasteiger partial charge in [0.2, 0.25) is 5.79 Å². The first-order valence-electron chi connectivity index (χ1n) is 7.27. The molecule has 1 unspecified atom stereocenters. The maximum atomic E-state index is 12.0. The van der Waals surface area contributed by atoms with Crippen LogP contribution in [-0.4, -0.2) is 45.2 Å². The number of hydrogen-bond donors (Lipinski definition) is 0. The van der Waals surface area contributed by atoms with E-state index in [9.17, 15) is 4.79 Å². The standard InChI is InChI=1S/C14H24O6/c1-3-5-6-12(15)20-14(4-2)13(9-18-11-19-14)7-16-10-17-8-13/h3-11H2,1-2H3. The van der Waals surface area contributed by atoms with Crippen LogP contribution in [0.15, 0.2) is 0 Å². The zero-order chi connectivity index (χ0) is 14.5. The quantitative estimate of drug-likeness (QED) is 0.719. The number of carbonyl (C=O) groups excluding carboxylic acids is 1. The molecule has 0 aromatic heterocycles. The molecule has 0 N–H and O–H groups in total. The smallest absolute Gasteiger partial charge is 0.308 e. The third-order valence-corrected chi connectivity index (χ3v) is 3.96. The van der Waals surface area contributed by atoms with Crippen molar-refractivity contribution >= 4 is 5.97 Å². The third-order valence-electron chi connectivity index (χ3n) is 3.96. The van der Waals surface area contributed by atoms with Gasteiger partial charge in [-0.25, -0.2) is 0 Å². The van der Waals surface area contributed by atoms with Gasteiger partial charge in [-0.3, -0.25) is 4.79 Å². The van der Waals surface area contributed by atoms with Crippen LogP contribution >= 0.6 is 0 Å². The van der Waals surface area contributed by atoms with E-state index in [1.807, 2.05) is 13.8 Å². The summed E-state index contributed by atoms with van der Waals surface area (Å²) >= 11 is 0. The Labute approximate surface area is 119 Å². The van der Waals surface area contributed by atoms with E-state index < -0.39 is 11.2 Å². The first-order valence-corrected chi connectivity index (χ1v) is 7.27. The van der Waals surface area contributed by atoms with Gasteiger partial charge in [0.15, 0.2) is 6.79 Å². The van der Waals surface area contributed by atoms with Crippen LogP contribution in [0, 0.1) is 5.41 Å². The molecule has 2 aliphatic rings. The van der Waals surface area contributed by atoms with Crippen molar-refractivity contribution in [2.24, 2.45) is 5.41 Å². The monoisotopic (exact) mass is 288 g/mol. The van der Waals surface area contributed by atoms with Gasteiger partial charge in [0.25, 0.3) is 0 Å². The molecule has 2 fully saturated rings. The lowest BCUT2D eigenvalue weighted by molar-refractivity contribution is -0.387. The topological polar surface area (TPSA) is 63.2 Å². The van der Waals surface area contributed by atoms with Crippen molar-refractivity contribution in [3.8, 4) is 0 Å². The molecule has 2 saturated heterocycles. The highest BCUT2D eigenvalue weighted by Gasteiger charge is 2.58. The summed E-state index contributed by atoms with van der Waals surface area (Å²) < 4.78 is 27.7. The number of carbonyl (C=O) groups is 1. The van der Waals surface area contributed by atoms with Gasteiger partial charge in [0, 0.05) is 12.8 Å². The van der Waals surface area contributed by atoms with Gasteiger partial charge >= 0.3 is 5.97 Å². The summed E-state index contributed by atoms with van der Waals surface area (Å²) in [5.41, 5.74) is -0.583. The Morgan fingerprint density at radius 1 is 1.10 bits per heavy atom. The highest BCUT2D eigenvalue weighted by Crippen LogP contribution is 2.44. The number of hydrogen-bond acceptors (Lipinski definition) is 6. The van der Waals surface area contributed by atoms with E-state index in [1.165, 1.54) is 0 Å². The first kappa shape index (κ1) is 15.7. The molecule has 1 atom stereocenters. The Morgan fingerprint density at radius 3 is 2.35 bits per heavy atom. The van der Waals surface area contributed by atoms with Crippen molar-refractivity contribution in [3.63, 3.8) is 0 Å².